The van der Waals surface area contributed by atoms with Crippen LogP contribution in [0.1, 0.15) is 22.3 Å². The lowest BCUT2D eigenvalue weighted by Gasteiger charge is -2.30. The van der Waals surface area contributed by atoms with Crippen molar-refractivity contribution in [3.63, 3.8) is 0 Å². The van der Waals surface area contributed by atoms with E-state index in [1.807, 2.05) is 60.7 Å². The number of aromatic nitrogens is 3. The molecule has 0 fully saturated rings. The molecule has 0 atom stereocenters. The molecule has 0 bridgehead atoms. The van der Waals surface area contributed by atoms with Crippen molar-refractivity contribution in [3.8, 4) is 56.4 Å². The molecule has 11 aromatic rings. The van der Waals surface area contributed by atoms with Crippen LogP contribution in [0.5, 0.6) is 0 Å². The SMILES string of the molecule is c1ccc(-c2nc(-c3ccc4c(c3)oc3ccc5c(c34)-c3ccccc3C53c4ccccc4-c4ccccc43)nc(-c3ccc4oc5ccccc5c4c3)n2)cc1. The Kier molecular flexibility index (Phi) is 6.04. The Labute approximate surface area is 326 Å². The zero-order valence-corrected chi connectivity index (χ0v) is 30.4. The minimum absolute atomic E-state index is 0.419. The average Bonchev–Trinajstić information content (AvgIpc) is 4.01. The normalized spacial score (nSPS) is 13.4. The zero-order valence-electron chi connectivity index (χ0n) is 30.4. The Bertz CT molecular complexity index is 3440. The summed E-state index contributed by atoms with van der Waals surface area (Å²) in [5.74, 6) is 1.77. The molecule has 5 heteroatoms. The lowest BCUT2D eigenvalue weighted by molar-refractivity contribution is 0.668. The van der Waals surface area contributed by atoms with Crippen LogP contribution in [0.3, 0.4) is 0 Å². The predicted octanol–water partition coefficient (Wildman–Crippen LogP) is 13.0. The maximum Gasteiger partial charge on any atom is 0.164 e. The van der Waals surface area contributed by atoms with E-state index in [9.17, 15) is 0 Å². The molecule has 2 aliphatic carbocycles. The molecule has 5 nitrogen and oxygen atoms in total. The summed E-state index contributed by atoms with van der Waals surface area (Å²) in [7, 11) is 0. The van der Waals surface area contributed by atoms with Gasteiger partial charge in [0.05, 0.1) is 5.41 Å². The van der Waals surface area contributed by atoms with Crippen LogP contribution in [0.2, 0.25) is 0 Å². The molecule has 57 heavy (non-hydrogen) atoms. The zero-order chi connectivity index (χ0) is 37.2. The van der Waals surface area contributed by atoms with Crippen LogP contribution in [0.25, 0.3) is 100 Å². The molecule has 8 aromatic carbocycles. The fraction of sp³-hybridized carbons (Fsp3) is 0.0192. The summed E-state index contributed by atoms with van der Waals surface area (Å²) in [5.41, 5.74) is 15.9. The fourth-order valence-electron chi connectivity index (χ4n) is 9.80. The van der Waals surface area contributed by atoms with Gasteiger partial charge in [0.2, 0.25) is 0 Å². The maximum absolute atomic E-state index is 6.77. The second-order valence-electron chi connectivity index (χ2n) is 15.0. The first-order chi connectivity index (χ1) is 28.2. The molecular formula is C52H29N3O2. The second kappa shape index (κ2) is 11.2. The predicted molar refractivity (Wildman–Crippen MR) is 227 cm³/mol. The van der Waals surface area contributed by atoms with Crippen LogP contribution in [-0.2, 0) is 5.41 Å². The molecule has 0 aliphatic heterocycles. The van der Waals surface area contributed by atoms with E-state index in [1.165, 1.54) is 44.5 Å². The van der Waals surface area contributed by atoms with Gasteiger partial charge in [-0.05, 0) is 87.0 Å². The molecular weight excluding hydrogens is 699 g/mol. The number of rotatable bonds is 3. The first-order valence-corrected chi connectivity index (χ1v) is 19.3. The van der Waals surface area contributed by atoms with Gasteiger partial charge in [0.25, 0.3) is 0 Å². The Hall–Kier alpha value is -7.63. The third-order valence-electron chi connectivity index (χ3n) is 12.2. The van der Waals surface area contributed by atoms with E-state index >= 15 is 0 Å². The number of hydrogen-bond donors (Lipinski definition) is 0. The topological polar surface area (TPSA) is 65.0 Å². The molecule has 2 aliphatic rings. The van der Waals surface area contributed by atoms with Gasteiger partial charge in [0, 0.05) is 38.2 Å². The standard InChI is InChI=1S/C52H29N3O2/c1-2-12-30(13-3-1)49-53-50(31-23-26-44-38(28-31)35-16-7-11-21-43(35)56-44)55-51(54-49)32-22-24-37-46(29-32)57-45-27-25-42-47(48(37)45)36-17-6-10-20-41(36)52(42)39-18-8-4-14-33(39)34-15-5-9-19-40(34)52/h1-29H. The number of benzene rings is 8. The van der Waals surface area contributed by atoms with Crippen molar-refractivity contribution in [2.75, 3.05) is 0 Å². The molecule has 3 heterocycles. The Morgan fingerprint density at radius 2 is 0.877 bits per heavy atom. The summed E-state index contributed by atoms with van der Waals surface area (Å²) in [6.45, 7) is 0. The minimum atomic E-state index is -0.419. The maximum atomic E-state index is 6.77. The molecule has 264 valence electrons. The highest BCUT2D eigenvalue weighted by Gasteiger charge is 2.52. The smallest absolute Gasteiger partial charge is 0.164 e. The number of furan rings is 2. The number of fused-ring (bicyclic) bond motifs is 17. The summed E-state index contributed by atoms with van der Waals surface area (Å²) in [6, 6.07) is 61.9. The van der Waals surface area contributed by atoms with Crippen LogP contribution in [-0.4, -0.2) is 15.0 Å². The first kappa shape index (κ1) is 30.7. The number of hydrogen-bond acceptors (Lipinski definition) is 5. The molecule has 1 spiro atoms. The average molecular weight is 728 g/mol. The van der Waals surface area contributed by atoms with Crippen molar-refractivity contribution in [1.82, 2.24) is 15.0 Å². The number of para-hydroxylation sites is 1. The lowest BCUT2D eigenvalue weighted by Crippen LogP contribution is -2.25. The van der Waals surface area contributed by atoms with Gasteiger partial charge in [-0.25, -0.2) is 15.0 Å². The third kappa shape index (κ3) is 4.09. The van der Waals surface area contributed by atoms with Gasteiger partial charge < -0.3 is 8.83 Å². The van der Waals surface area contributed by atoms with Gasteiger partial charge in [-0.3, -0.25) is 0 Å². The molecule has 13 rings (SSSR count). The lowest BCUT2D eigenvalue weighted by atomic mass is 9.70. The Morgan fingerprint density at radius 1 is 0.333 bits per heavy atom. The summed E-state index contributed by atoms with van der Waals surface area (Å²) < 4.78 is 12.9. The largest absolute Gasteiger partial charge is 0.456 e. The molecule has 0 saturated carbocycles. The van der Waals surface area contributed by atoms with Gasteiger partial charge in [0.1, 0.15) is 22.3 Å². The highest BCUT2D eigenvalue weighted by Crippen LogP contribution is 2.64. The van der Waals surface area contributed by atoms with E-state index in [4.69, 9.17) is 23.8 Å². The van der Waals surface area contributed by atoms with Crippen molar-refractivity contribution in [2.24, 2.45) is 0 Å². The summed E-state index contributed by atoms with van der Waals surface area (Å²) in [5, 5.41) is 4.27. The van der Waals surface area contributed by atoms with Gasteiger partial charge in [-0.1, -0.05) is 133 Å². The second-order valence-corrected chi connectivity index (χ2v) is 15.0. The van der Waals surface area contributed by atoms with Crippen LogP contribution in [0, 0.1) is 0 Å². The number of nitrogens with zero attached hydrogens (tertiary/aromatic N) is 3. The van der Waals surface area contributed by atoms with Crippen molar-refractivity contribution in [2.45, 2.75) is 5.41 Å². The van der Waals surface area contributed by atoms with Crippen LogP contribution in [0.15, 0.2) is 185 Å². The van der Waals surface area contributed by atoms with Gasteiger partial charge in [-0.2, -0.15) is 0 Å². The highest BCUT2D eigenvalue weighted by atomic mass is 16.3. The quantitative estimate of drug-likeness (QED) is 0.181. The van der Waals surface area contributed by atoms with Crippen LogP contribution < -0.4 is 0 Å². The molecule has 0 radical (unpaired) electrons. The van der Waals surface area contributed by atoms with Crippen molar-refractivity contribution in [3.05, 3.63) is 198 Å². The molecule has 0 N–H and O–H groups in total. The molecule has 0 saturated heterocycles. The van der Waals surface area contributed by atoms with E-state index in [2.05, 4.69) is 115 Å². The van der Waals surface area contributed by atoms with Gasteiger partial charge >= 0.3 is 0 Å². The third-order valence-corrected chi connectivity index (χ3v) is 12.2. The Balaban J connectivity index is 1.02. The van der Waals surface area contributed by atoms with Crippen LogP contribution >= 0.6 is 0 Å². The molecule has 3 aromatic heterocycles. The van der Waals surface area contributed by atoms with E-state index in [0.717, 1.165) is 60.6 Å². The van der Waals surface area contributed by atoms with Crippen molar-refractivity contribution < 1.29 is 8.83 Å². The van der Waals surface area contributed by atoms with E-state index in [1.54, 1.807) is 0 Å². The molecule has 0 unspecified atom stereocenters. The van der Waals surface area contributed by atoms with Crippen molar-refractivity contribution >= 4 is 43.9 Å². The first-order valence-electron chi connectivity index (χ1n) is 19.3. The summed E-state index contributed by atoms with van der Waals surface area (Å²) >= 11 is 0. The molecule has 0 amide bonds. The summed E-state index contributed by atoms with van der Waals surface area (Å²) in [4.78, 5) is 15.2. The fourth-order valence-corrected chi connectivity index (χ4v) is 9.80. The minimum Gasteiger partial charge on any atom is -0.456 e. The summed E-state index contributed by atoms with van der Waals surface area (Å²) in [6.07, 6.45) is 0. The van der Waals surface area contributed by atoms with Gasteiger partial charge in [0.15, 0.2) is 17.5 Å². The van der Waals surface area contributed by atoms with E-state index in [0.29, 0.717) is 17.5 Å². The van der Waals surface area contributed by atoms with Gasteiger partial charge in [-0.15, -0.1) is 0 Å². The monoisotopic (exact) mass is 727 g/mol. The van der Waals surface area contributed by atoms with E-state index < -0.39 is 5.41 Å². The van der Waals surface area contributed by atoms with Crippen LogP contribution in [0.4, 0.5) is 0 Å². The Morgan fingerprint density at radius 3 is 1.63 bits per heavy atom. The van der Waals surface area contributed by atoms with Crippen molar-refractivity contribution in [1.29, 1.82) is 0 Å². The highest BCUT2D eigenvalue weighted by molar-refractivity contribution is 6.16. The van der Waals surface area contributed by atoms with E-state index in [-0.39, 0.29) is 0 Å².